The third kappa shape index (κ3) is 4.60. The van der Waals surface area contributed by atoms with E-state index >= 15 is 0 Å². The minimum Gasteiger partial charge on any atom is -0.347 e. The zero-order chi connectivity index (χ0) is 13.1. The van der Waals surface area contributed by atoms with Gasteiger partial charge < -0.3 is 5.32 Å². The molecule has 1 rings (SSSR count). The number of hydrogen-bond acceptors (Lipinski definition) is 1. The van der Waals surface area contributed by atoms with Gasteiger partial charge in [0.15, 0.2) is 0 Å². The molecule has 0 radical (unpaired) electrons. The van der Waals surface area contributed by atoms with E-state index in [-0.39, 0.29) is 11.4 Å². The predicted molar refractivity (Wildman–Crippen MR) is 79.1 cm³/mol. The molecule has 1 aromatic carbocycles. The standard InChI is InChI=1S/C12H14Br2ClNO/c1-12(2,5-6-13)16-11(17)8-3-4-10(15)9(14)7-8/h3-4,7H,5-6H2,1-2H3,(H,16,17). The molecule has 1 N–H and O–H groups in total. The molecule has 0 aliphatic carbocycles. The zero-order valence-electron chi connectivity index (χ0n) is 9.69. The van der Waals surface area contributed by atoms with Crippen LogP contribution in [0.1, 0.15) is 30.6 Å². The third-order valence-corrected chi connectivity index (χ3v) is 3.96. The smallest absolute Gasteiger partial charge is 0.251 e. The first kappa shape index (κ1) is 15.0. The molecule has 0 heterocycles. The van der Waals surface area contributed by atoms with E-state index in [0.717, 1.165) is 16.2 Å². The lowest BCUT2D eigenvalue weighted by atomic mass is 10.0. The van der Waals surface area contributed by atoms with Crippen LogP contribution < -0.4 is 5.32 Å². The van der Waals surface area contributed by atoms with E-state index in [1.165, 1.54) is 0 Å². The van der Waals surface area contributed by atoms with Gasteiger partial charge in [-0.05, 0) is 54.4 Å². The molecule has 0 atom stereocenters. The van der Waals surface area contributed by atoms with E-state index in [1.54, 1.807) is 18.2 Å². The largest absolute Gasteiger partial charge is 0.347 e. The van der Waals surface area contributed by atoms with Crippen molar-refractivity contribution in [1.82, 2.24) is 5.32 Å². The van der Waals surface area contributed by atoms with Crippen LogP contribution in [0.3, 0.4) is 0 Å². The minimum absolute atomic E-state index is 0.0895. The summed E-state index contributed by atoms with van der Waals surface area (Å²) in [5.41, 5.74) is 0.371. The molecular formula is C12H14Br2ClNO. The Morgan fingerprint density at radius 1 is 1.47 bits per heavy atom. The molecule has 17 heavy (non-hydrogen) atoms. The first-order valence-electron chi connectivity index (χ1n) is 5.19. The molecule has 1 aromatic rings. The highest BCUT2D eigenvalue weighted by Crippen LogP contribution is 2.23. The van der Waals surface area contributed by atoms with Gasteiger partial charge in [-0.15, -0.1) is 0 Å². The zero-order valence-corrected chi connectivity index (χ0v) is 13.6. The van der Waals surface area contributed by atoms with Crippen LogP contribution in [-0.2, 0) is 0 Å². The van der Waals surface area contributed by atoms with Gasteiger partial charge >= 0.3 is 0 Å². The van der Waals surface area contributed by atoms with Crippen LogP contribution in [0, 0.1) is 0 Å². The Labute approximate surface area is 123 Å². The summed E-state index contributed by atoms with van der Waals surface area (Å²) in [4.78, 5) is 12.0. The molecule has 0 bridgehead atoms. The number of carbonyl (C=O) groups excluding carboxylic acids is 1. The molecule has 0 unspecified atom stereocenters. The first-order chi connectivity index (χ1) is 7.85. The summed E-state index contributed by atoms with van der Waals surface area (Å²) < 4.78 is 0.727. The summed E-state index contributed by atoms with van der Waals surface area (Å²) >= 11 is 12.6. The minimum atomic E-state index is -0.229. The quantitative estimate of drug-likeness (QED) is 0.768. The van der Waals surface area contributed by atoms with Gasteiger partial charge in [0.1, 0.15) is 0 Å². The van der Waals surface area contributed by atoms with Gasteiger partial charge in [0, 0.05) is 20.9 Å². The van der Waals surface area contributed by atoms with Gasteiger partial charge in [0.05, 0.1) is 5.02 Å². The van der Waals surface area contributed by atoms with Crippen molar-refractivity contribution in [2.24, 2.45) is 0 Å². The topological polar surface area (TPSA) is 29.1 Å². The Hall–Kier alpha value is -0.0600. The average molecular weight is 384 g/mol. The van der Waals surface area contributed by atoms with E-state index < -0.39 is 0 Å². The van der Waals surface area contributed by atoms with Crippen molar-refractivity contribution < 1.29 is 4.79 Å². The van der Waals surface area contributed by atoms with Gasteiger partial charge in [-0.1, -0.05) is 27.5 Å². The molecule has 1 amide bonds. The van der Waals surface area contributed by atoms with E-state index in [9.17, 15) is 4.79 Å². The number of alkyl halides is 1. The summed E-state index contributed by atoms with van der Waals surface area (Å²) in [6, 6.07) is 5.15. The van der Waals surface area contributed by atoms with Gasteiger partial charge in [-0.25, -0.2) is 0 Å². The van der Waals surface area contributed by atoms with E-state index in [2.05, 4.69) is 37.2 Å². The molecule has 5 heteroatoms. The van der Waals surface area contributed by atoms with Gasteiger partial charge in [0.2, 0.25) is 0 Å². The monoisotopic (exact) mass is 381 g/mol. The van der Waals surface area contributed by atoms with Crippen molar-refractivity contribution >= 4 is 49.4 Å². The predicted octanol–water partition coefficient (Wildman–Crippen LogP) is 4.40. The number of benzene rings is 1. The molecule has 0 saturated carbocycles. The summed E-state index contributed by atoms with van der Waals surface area (Å²) in [6.45, 7) is 3.99. The third-order valence-electron chi connectivity index (χ3n) is 2.35. The highest BCUT2D eigenvalue weighted by Gasteiger charge is 2.20. The van der Waals surface area contributed by atoms with Crippen LogP contribution in [0.4, 0.5) is 0 Å². The van der Waals surface area contributed by atoms with Crippen molar-refractivity contribution in [2.75, 3.05) is 5.33 Å². The fourth-order valence-corrected chi connectivity index (χ4v) is 2.80. The lowest BCUT2D eigenvalue weighted by molar-refractivity contribution is 0.0912. The van der Waals surface area contributed by atoms with E-state index in [4.69, 9.17) is 11.6 Å². The van der Waals surface area contributed by atoms with Crippen LogP contribution >= 0.6 is 43.5 Å². The van der Waals surface area contributed by atoms with E-state index in [0.29, 0.717) is 10.6 Å². The van der Waals surface area contributed by atoms with Crippen LogP contribution in [0.25, 0.3) is 0 Å². The maximum absolute atomic E-state index is 12.0. The molecule has 0 aliphatic rings. The van der Waals surface area contributed by atoms with Gasteiger partial charge in [-0.3, -0.25) is 4.79 Å². The Kier molecular flexibility index (Phi) is 5.48. The van der Waals surface area contributed by atoms with Crippen molar-refractivity contribution in [2.45, 2.75) is 25.8 Å². The maximum Gasteiger partial charge on any atom is 0.251 e. The molecule has 0 fully saturated rings. The number of nitrogens with one attached hydrogen (secondary N) is 1. The second kappa shape index (κ2) is 6.21. The summed E-state index contributed by atoms with van der Waals surface area (Å²) in [5, 5.41) is 4.44. The SMILES string of the molecule is CC(C)(CCBr)NC(=O)c1ccc(Cl)c(Br)c1. The van der Waals surface area contributed by atoms with Gasteiger partial charge in [0.25, 0.3) is 5.91 Å². The molecule has 2 nitrogen and oxygen atoms in total. The number of hydrogen-bond donors (Lipinski definition) is 1. The Balaban J connectivity index is 2.80. The van der Waals surface area contributed by atoms with E-state index in [1.807, 2.05) is 13.8 Å². The van der Waals surface area contributed by atoms with Crippen LogP contribution in [0.15, 0.2) is 22.7 Å². The summed E-state index contributed by atoms with van der Waals surface area (Å²) in [6.07, 6.45) is 0.869. The molecule has 0 saturated heterocycles. The molecular weight excluding hydrogens is 369 g/mol. The van der Waals surface area contributed by atoms with Crippen molar-refractivity contribution in [1.29, 1.82) is 0 Å². The summed E-state index contributed by atoms with van der Waals surface area (Å²) in [5.74, 6) is -0.0895. The molecule has 0 aromatic heterocycles. The first-order valence-corrected chi connectivity index (χ1v) is 7.48. The van der Waals surface area contributed by atoms with Crippen molar-refractivity contribution in [3.63, 3.8) is 0 Å². The number of halogens is 3. The highest BCUT2D eigenvalue weighted by atomic mass is 79.9. The van der Waals surface area contributed by atoms with Crippen LogP contribution in [-0.4, -0.2) is 16.8 Å². The number of amides is 1. The lowest BCUT2D eigenvalue weighted by Gasteiger charge is -2.25. The molecule has 94 valence electrons. The fourth-order valence-electron chi connectivity index (χ4n) is 1.32. The second-order valence-electron chi connectivity index (χ2n) is 4.41. The normalized spacial score (nSPS) is 11.4. The lowest BCUT2D eigenvalue weighted by Crippen LogP contribution is -2.43. The number of rotatable bonds is 4. The fraction of sp³-hybridized carbons (Fsp3) is 0.417. The highest BCUT2D eigenvalue weighted by molar-refractivity contribution is 9.10. The van der Waals surface area contributed by atoms with Crippen molar-refractivity contribution in [3.05, 3.63) is 33.3 Å². The van der Waals surface area contributed by atoms with Gasteiger partial charge in [-0.2, -0.15) is 0 Å². The van der Waals surface area contributed by atoms with Crippen molar-refractivity contribution in [3.8, 4) is 0 Å². The Morgan fingerprint density at radius 3 is 2.65 bits per heavy atom. The number of carbonyl (C=O) groups is 1. The molecule has 0 spiro atoms. The Morgan fingerprint density at radius 2 is 2.12 bits per heavy atom. The van der Waals surface area contributed by atoms with Crippen LogP contribution in [0.2, 0.25) is 5.02 Å². The maximum atomic E-state index is 12.0. The Bertz CT molecular complexity index is 421. The van der Waals surface area contributed by atoms with Crippen LogP contribution in [0.5, 0.6) is 0 Å². The average Bonchev–Trinajstić information content (AvgIpc) is 2.21. The molecule has 0 aliphatic heterocycles. The second-order valence-corrected chi connectivity index (χ2v) is 6.46. The summed E-state index contributed by atoms with van der Waals surface area (Å²) in [7, 11) is 0.